The number of esters is 1. The highest BCUT2D eigenvalue weighted by Gasteiger charge is 2.62. The van der Waals surface area contributed by atoms with Gasteiger partial charge in [0.25, 0.3) is 5.91 Å². The fraction of sp³-hybridized carbons (Fsp3) is 0.568. The number of benzene rings is 1. The number of hydrogen-bond acceptors (Lipinski definition) is 11. The molecule has 3 fully saturated rings. The van der Waals surface area contributed by atoms with E-state index in [1.165, 1.54) is 18.1 Å². The third-order valence-corrected chi connectivity index (χ3v) is 11.9. The smallest absolute Gasteiger partial charge is 0.328 e. The summed E-state index contributed by atoms with van der Waals surface area (Å²) in [7, 11) is -1.16. The number of fused-ring (bicyclic) bond motifs is 1. The van der Waals surface area contributed by atoms with Crippen LogP contribution in [0.1, 0.15) is 60.3 Å². The molecule has 6 atom stereocenters. The van der Waals surface area contributed by atoms with Crippen LogP contribution in [-0.4, -0.2) is 104 Å². The topological polar surface area (TPSA) is 211 Å². The Balaban J connectivity index is 1.44. The van der Waals surface area contributed by atoms with Crippen LogP contribution in [0.3, 0.4) is 0 Å². The molecule has 2 aliphatic carbocycles. The zero-order valence-corrected chi connectivity index (χ0v) is 32.4. The van der Waals surface area contributed by atoms with Crippen LogP contribution < -0.4 is 30.1 Å². The van der Waals surface area contributed by atoms with Crippen LogP contribution in [0.25, 0.3) is 10.8 Å². The molecular formula is C37H50N6O10S. The van der Waals surface area contributed by atoms with Crippen LogP contribution >= 0.6 is 0 Å². The van der Waals surface area contributed by atoms with E-state index in [1.54, 1.807) is 66.1 Å². The van der Waals surface area contributed by atoms with E-state index in [4.69, 9.17) is 14.2 Å². The predicted molar refractivity (Wildman–Crippen MR) is 198 cm³/mol. The van der Waals surface area contributed by atoms with Crippen molar-refractivity contribution in [2.75, 3.05) is 20.8 Å². The highest BCUT2D eigenvalue weighted by Crippen LogP contribution is 2.45. The lowest BCUT2D eigenvalue weighted by Gasteiger charge is -2.36. The largest absolute Gasteiger partial charge is 0.497 e. The maximum atomic E-state index is 14.6. The number of nitrogens with zero attached hydrogens (tertiary/aromatic N) is 2. The number of aromatic nitrogens is 1. The average Bonchev–Trinajstić information content (AvgIpc) is 4.05. The SMILES string of the molecule is C=C[C@@H]1C[C@]1(NC(=O)[C@@H]1C[C@@H](Oc2nccc3cc(OC)ccc23)CN1C(=O)[C@@H](NC(=O)N[C@@H](C(=O)OC)C(C)C)C(C)(C)C)C(=O)NS(=O)(=O)C1CC1. The molecule has 0 bridgehead atoms. The fourth-order valence-electron chi connectivity index (χ4n) is 6.65. The summed E-state index contributed by atoms with van der Waals surface area (Å²) >= 11 is 0. The van der Waals surface area contributed by atoms with Gasteiger partial charge in [-0.2, -0.15) is 0 Å². The lowest BCUT2D eigenvalue weighted by atomic mass is 9.85. The van der Waals surface area contributed by atoms with Gasteiger partial charge >= 0.3 is 12.0 Å². The second-order valence-corrected chi connectivity index (χ2v) is 17.5. The number of likely N-dealkylation sites (tertiary alicyclic amines) is 1. The van der Waals surface area contributed by atoms with Gasteiger partial charge in [0.2, 0.25) is 27.7 Å². The number of nitrogens with one attached hydrogen (secondary N) is 4. The molecular weight excluding hydrogens is 721 g/mol. The summed E-state index contributed by atoms with van der Waals surface area (Å²) in [5.74, 6) is -2.85. The van der Waals surface area contributed by atoms with E-state index in [0.29, 0.717) is 24.0 Å². The van der Waals surface area contributed by atoms with Crippen LogP contribution in [0.15, 0.2) is 43.1 Å². The van der Waals surface area contributed by atoms with Gasteiger partial charge in [0.05, 0.1) is 26.0 Å². The summed E-state index contributed by atoms with van der Waals surface area (Å²) in [4.78, 5) is 73.8. The number of pyridine rings is 1. The van der Waals surface area contributed by atoms with Gasteiger partial charge in [-0.15, -0.1) is 6.58 Å². The van der Waals surface area contributed by atoms with Crippen molar-refractivity contribution in [3.05, 3.63) is 43.1 Å². The van der Waals surface area contributed by atoms with Gasteiger partial charge in [0.1, 0.15) is 35.5 Å². The van der Waals surface area contributed by atoms with Gasteiger partial charge in [0.15, 0.2) is 0 Å². The second-order valence-electron chi connectivity index (χ2n) is 15.5. The molecule has 2 heterocycles. The summed E-state index contributed by atoms with van der Waals surface area (Å²) in [5, 5.41) is 8.84. The number of carbonyl (C=O) groups is 5. The summed E-state index contributed by atoms with van der Waals surface area (Å²) in [5.41, 5.74) is -2.49. The van der Waals surface area contributed by atoms with Gasteiger partial charge in [-0.25, -0.2) is 23.0 Å². The molecule has 1 saturated heterocycles. The van der Waals surface area contributed by atoms with Gasteiger partial charge in [0, 0.05) is 23.9 Å². The molecule has 54 heavy (non-hydrogen) atoms. The lowest BCUT2D eigenvalue weighted by Crippen LogP contribution is -2.61. The number of methoxy groups -OCH3 is 2. The van der Waals surface area contributed by atoms with Crippen molar-refractivity contribution in [2.24, 2.45) is 17.3 Å². The van der Waals surface area contributed by atoms with Crippen molar-refractivity contribution in [2.45, 2.75) is 95.3 Å². The number of ether oxygens (including phenoxy) is 3. The van der Waals surface area contributed by atoms with Gasteiger partial charge in [-0.1, -0.05) is 40.7 Å². The van der Waals surface area contributed by atoms with Gasteiger partial charge < -0.3 is 35.1 Å². The first-order valence-electron chi connectivity index (χ1n) is 17.9. The summed E-state index contributed by atoms with van der Waals surface area (Å²) < 4.78 is 44.1. The molecule has 2 saturated carbocycles. The molecule has 3 aliphatic rings. The van der Waals surface area contributed by atoms with E-state index in [1.807, 2.05) is 6.07 Å². The average molecular weight is 771 g/mol. The molecule has 5 rings (SSSR count). The fourth-order valence-corrected chi connectivity index (χ4v) is 8.02. The molecule has 1 aromatic carbocycles. The number of rotatable bonds is 14. The van der Waals surface area contributed by atoms with Crippen LogP contribution in [0.2, 0.25) is 0 Å². The van der Waals surface area contributed by atoms with Crippen LogP contribution in [0, 0.1) is 17.3 Å². The number of urea groups is 1. The first-order valence-corrected chi connectivity index (χ1v) is 19.4. The molecule has 0 spiro atoms. The Bertz CT molecular complexity index is 1930. The molecule has 1 aromatic heterocycles. The molecule has 0 unspecified atom stereocenters. The van der Waals surface area contributed by atoms with Gasteiger partial charge in [-0.05, 0) is 60.2 Å². The zero-order chi connectivity index (χ0) is 39.7. The highest BCUT2D eigenvalue weighted by atomic mass is 32.2. The molecule has 1 aliphatic heterocycles. The van der Waals surface area contributed by atoms with Crippen molar-refractivity contribution in [3.63, 3.8) is 0 Å². The van der Waals surface area contributed by atoms with Crippen molar-refractivity contribution in [1.29, 1.82) is 0 Å². The number of sulfonamides is 1. The number of carbonyl (C=O) groups excluding carboxylic acids is 5. The van der Waals surface area contributed by atoms with Crippen LogP contribution in [0.5, 0.6) is 11.6 Å². The van der Waals surface area contributed by atoms with E-state index in [-0.39, 0.29) is 31.2 Å². The molecule has 4 N–H and O–H groups in total. The van der Waals surface area contributed by atoms with E-state index in [9.17, 15) is 32.4 Å². The minimum absolute atomic E-state index is 0.0244. The molecule has 0 radical (unpaired) electrons. The van der Waals surface area contributed by atoms with E-state index in [2.05, 4.69) is 32.2 Å². The minimum Gasteiger partial charge on any atom is -0.497 e. The lowest BCUT2D eigenvalue weighted by molar-refractivity contribution is -0.144. The van der Waals surface area contributed by atoms with Crippen molar-refractivity contribution < 1.29 is 46.6 Å². The van der Waals surface area contributed by atoms with E-state index >= 15 is 0 Å². The standard InChI is InChI=1S/C37H50N6O10S/c1-9-22-18-37(22,34(47)42-54(49,50)25-11-12-25)41-30(44)27-17-24(53-31-26-13-10-23(51-7)16-21(26)14-15-38-31)19-43(27)32(45)29(36(4,5)6)40-35(48)39-28(20(2)3)33(46)52-8/h9-10,13-16,20,22,24-25,27-29H,1,11-12,17-19H2,2-8H3,(H,41,44)(H,42,47)(H2,39,40,48)/t22-,24-,27+,28-,29-,37-/m1/s1. The Morgan fingerprint density at radius 3 is 2.35 bits per heavy atom. The molecule has 2 aromatic rings. The predicted octanol–water partition coefficient (Wildman–Crippen LogP) is 2.17. The third-order valence-electron chi connectivity index (χ3n) is 10.1. The Kier molecular flexibility index (Phi) is 11.5. The van der Waals surface area contributed by atoms with Crippen molar-refractivity contribution in [3.8, 4) is 11.6 Å². The minimum atomic E-state index is -3.93. The maximum absolute atomic E-state index is 14.6. The normalized spacial score (nSPS) is 23.5. The third kappa shape index (κ3) is 8.55. The Hall–Kier alpha value is -4.93. The van der Waals surface area contributed by atoms with Crippen molar-refractivity contribution in [1.82, 2.24) is 30.6 Å². The molecule has 16 nitrogen and oxygen atoms in total. The zero-order valence-electron chi connectivity index (χ0n) is 31.6. The van der Waals surface area contributed by atoms with E-state index in [0.717, 1.165) is 5.39 Å². The first-order chi connectivity index (χ1) is 25.3. The first kappa shape index (κ1) is 40.3. The molecule has 294 valence electrons. The number of hydrogen-bond donors (Lipinski definition) is 4. The van der Waals surface area contributed by atoms with Crippen molar-refractivity contribution >= 4 is 50.5 Å². The molecule has 5 amide bonds. The van der Waals surface area contributed by atoms with Crippen LogP contribution in [0.4, 0.5) is 4.79 Å². The monoisotopic (exact) mass is 770 g/mol. The quantitative estimate of drug-likeness (QED) is 0.162. The van der Waals surface area contributed by atoms with E-state index < -0.39 is 86.1 Å². The Morgan fingerprint density at radius 2 is 1.78 bits per heavy atom. The molecule has 17 heteroatoms. The summed E-state index contributed by atoms with van der Waals surface area (Å²) in [6, 6.07) is 2.95. The summed E-state index contributed by atoms with van der Waals surface area (Å²) in [6.45, 7) is 12.3. The Labute approximate surface area is 315 Å². The number of amides is 5. The van der Waals surface area contributed by atoms with Gasteiger partial charge in [-0.3, -0.25) is 19.1 Å². The van der Waals surface area contributed by atoms with Crippen LogP contribution in [-0.2, 0) is 33.9 Å². The second kappa shape index (κ2) is 15.4. The summed E-state index contributed by atoms with van der Waals surface area (Å²) in [6.07, 6.45) is 3.24. The maximum Gasteiger partial charge on any atom is 0.328 e. The Morgan fingerprint density at radius 1 is 1.07 bits per heavy atom. The highest BCUT2D eigenvalue weighted by molar-refractivity contribution is 7.91.